The number of anilines is 3. The van der Waals surface area contributed by atoms with Crippen LogP contribution in [0, 0.1) is 12.3 Å². The van der Waals surface area contributed by atoms with Crippen LogP contribution in [0.1, 0.15) is 32.8 Å². The SMILES string of the molecule is C=C/C=C(\C=C/CC(C)(C)C)C(=O)Nc1cccc(-c2cc(Nc3ccccn3)c(=O)[nH]n2)c1C. The molecule has 0 radical (unpaired) electrons. The lowest BCUT2D eigenvalue weighted by molar-refractivity contribution is -0.112. The molecule has 0 aliphatic carbocycles. The van der Waals surface area contributed by atoms with Gasteiger partial charge in [-0.3, -0.25) is 9.59 Å². The largest absolute Gasteiger partial charge is 0.336 e. The number of rotatable bonds is 8. The molecule has 1 aromatic carbocycles. The number of H-pyrrole nitrogens is 1. The van der Waals surface area contributed by atoms with E-state index in [-0.39, 0.29) is 16.9 Å². The van der Waals surface area contributed by atoms with Crippen LogP contribution >= 0.6 is 0 Å². The van der Waals surface area contributed by atoms with Crippen LogP contribution in [0.25, 0.3) is 11.3 Å². The van der Waals surface area contributed by atoms with Gasteiger partial charge < -0.3 is 10.6 Å². The molecule has 1 amide bonds. The van der Waals surface area contributed by atoms with E-state index < -0.39 is 0 Å². The third-order valence-electron chi connectivity index (χ3n) is 5.18. The van der Waals surface area contributed by atoms with Gasteiger partial charge in [-0.15, -0.1) is 0 Å². The number of aromatic nitrogens is 3. The molecule has 0 unspecified atom stereocenters. The minimum atomic E-state index is -0.359. The Bertz CT molecular complexity index is 1320. The van der Waals surface area contributed by atoms with Crippen LogP contribution in [0.3, 0.4) is 0 Å². The van der Waals surface area contributed by atoms with Crippen LogP contribution in [0.4, 0.5) is 17.2 Å². The highest BCUT2D eigenvalue weighted by Crippen LogP contribution is 2.28. The van der Waals surface area contributed by atoms with Crippen LogP contribution in [0.5, 0.6) is 0 Å². The van der Waals surface area contributed by atoms with E-state index in [1.54, 1.807) is 36.5 Å². The van der Waals surface area contributed by atoms with Crippen molar-refractivity contribution >= 4 is 23.1 Å². The van der Waals surface area contributed by atoms with Gasteiger partial charge in [0.05, 0.1) is 5.69 Å². The van der Waals surface area contributed by atoms with Crippen LogP contribution in [0.15, 0.2) is 89.9 Å². The van der Waals surface area contributed by atoms with E-state index in [0.717, 1.165) is 17.5 Å². The fourth-order valence-electron chi connectivity index (χ4n) is 3.33. The van der Waals surface area contributed by atoms with Gasteiger partial charge in [-0.25, -0.2) is 10.1 Å². The fourth-order valence-corrected chi connectivity index (χ4v) is 3.33. The number of nitrogens with one attached hydrogen (secondary N) is 3. The minimum absolute atomic E-state index is 0.130. The lowest BCUT2D eigenvalue weighted by Gasteiger charge is -2.15. The summed E-state index contributed by atoms with van der Waals surface area (Å²) in [6.45, 7) is 12.1. The molecule has 0 aliphatic heterocycles. The van der Waals surface area contributed by atoms with Crippen LogP contribution in [-0.2, 0) is 4.79 Å². The van der Waals surface area contributed by atoms with Gasteiger partial charge in [-0.1, -0.05) is 69.9 Å². The van der Waals surface area contributed by atoms with Crippen LogP contribution in [-0.4, -0.2) is 21.1 Å². The molecule has 0 atom stereocenters. The molecule has 0 saturated carbocycles. The highest BCUT2D eigenvalue weighted by molar-refractivity contribution is 6.06. The first-order valence-corrected chi connectivity index (χ1v) is 11.4. The van der Waals surface area contributed by atoms with Gasteiger partial charge in [0.25, 0.3) is 11.5 Å². The zero-order valence-electron chi connectivity index (χ0n) is 20.6. The Hall–Kier alpha value is -4.26. The van der Waals surface area contributed by atoms with E-state index >= 15 is 0 Å². The van der Waals surface area contributed by atoms with Crippen molar-refractivity contribution in [1.29, 1.82) is 0 Å². The van der Waals surface area contributed by atoms with Crippen molar-refractivity contribution in [1.82, 2.24) is 15.2 Å². The average Bonchev–Trinajstić information content (AvgIpc) is 2.81. The number of benzene rings is 1. The molecule has 0 bridgehead atoms. The number of aromatic amines is 1. The molecule has 35 heavy (non-hydrogen) atoms. The van der Waals surface area contributed by atoms with Gasteiger partial charge in [0, 0.05) is 23.0 Å². The first kappa shape index (κ1) is 25.4. The fraction of sp³-hybridized carbons (Fsp3) is 0.214. The molecule has 2 heterocycles. The first-order valence-electron chi connectivity index (χ1n) is 11.4. The third kappa shape index (κ3) is 7.11. The van der Waals surface area contributed by atoms with Gasteiger partial charge in [0.15, 0.2) is 0 Å². The second-order valence-electron chi connectivity index (χ2n) is 9.29. The highest BCUT2D eigenvalue weighted by atomic mass is 16.1. The smallest absolute Gasteiger partial charge is 0.287 e. The summed E-state index contributed by atoms with van der Waals surface area (Å²) in [4.78, 5) is 29.5. The summed E-state index contributed by atoms with van der Waals surface area (Å²) in [6, 6.07) is 12.6. The molecule has 180 valence electrons. The average molecular weight is 470 g/mol. The molecule has 7 heteroatoms. The zero-order valence-corrected chi connectivity index (χ0v) is 20.6. The van der Waals surface area contributed by atoms with E-state index in [4.69, 9.17) is 0 Å². The maximum Gasteiger partial charge on any atom is 0.287 e. The summed E-state index contributed by atoms with van der Waals surface area (Å²) < 4.78 is 0. The predicted octanol–water partition coefficient (Wildman–Crippen LogP) is 5.93. The number of hydrogen-bond acceptors (Lipinski definition) is 5. The summed E-state index contributed by atoms with van der Waals surface area (Å²) >= 11 is 0. The molecule has 0 spiro atoms. The summed E-state index contributed by atoms with van der Waals surface area (Å²) in [6.07, 6.45) is 9.59. The molecule has 0 saturated heterocycles. The van der Waals surface area contributed by atoms with E-state index in [9.17, 15) is 9.59 Å². The molecular formula is C28H31N5O2. The lowest BCUT2D eigenvalue weighted by Crippen LogP contribution is -2.15. The summed E-state index contributed by atoms with van der Waals surface area (Å²) in [5, 5.41) is 12.8. The molecule has 3 rings (SSSR count). The predicted molar refractivity (Wildman–Crippen MR) is 143 cm³/mol. The molecule has 0 fully saturated rings. The second kappa shape index (κ2) is 11.2. The van der Waals surface area contributed by atoms with Crippen LogP contribution in [0.2, 0.25) is 0 Å². The van der Waals surface area contributed by atoms with Gasteiger partial charge in [0.1, 0.15) is 11.5 Å². The summed E-state index contributed by atoms with van der Waals surface area (Å²) in [5.41, 5.74) is 3.41. The zero-order chi connectivity index (χ0) is 25.4. The van der Waals surface area contributed by atoms with E-state index in [1.807, 2.05) is 43.3 Å². The van der Waals surface area contributed by atoms with Crippen LogP contribution < -0.4 is 16.2 Å². The number of pyridine rings is 1. The van der Waals surface area contributed by atoms with Gasteiger partial charge >= 0.3 is 0 Å². The summed E-state index contributed by atoms with van der Waals surface area (Å²) in [7, 11) is 0. The number of amides is 1. The molecule has 7 nitrogen and oxygen atoms in total. The monoisotopic (exact) mass is 469 g/mol. The molecular weight excluding hydrogens is 438 g/mol. The molecule has 2 aromatic heterocycles. The maximum atomic E-state index is 13.0. The Morgan fingerprint density at radius 1 is 1.14 bits per heavy atom. The van der Waals surface area contributed by atoms with Crippen molar-refractivity contribution < 1.29 is 4.79 Å². The van der Waals surface area contributed by atoms with Gasteiger partial charge in [0.2, 0.25) is 0 Å². The lowest BCUT2D eigenvalue weighted by atomic mass is 9.92. The standard InChI is InChI=1S/C28H31N5O2/c1-6-11-20(12-10-16-28(3,4)5)26(34)31-22-14-9-13-21(19(22)2)23-18-24(27(35)33-32-23)30-25-15-7-8-17-29-25/h6-15,17-18H,1,16H2,2-5H3,(H,31,34)(H,33,35)(H,29,30,32)/b12-10-,20-11+. The van der Waals surface area contributed by atoms with Crippen molar-refractivity contribution in [2.24, 2.45) is 5.41 Å². The first-order chi connectivity index (χ1) is 16.7. The van der Waals surface area contributed by atoms with E-state index in [1.165, 1.54) is 0 Å². The van der Waals surface area contributed by atoms with Gasteiger partial charge in [-0.05, 0) is 48.6 Å². The molecule has 3 N–H and O–H groups in total. The maximum absolute atomic E-state index is 13.0. The van der Waals surface area contributed by atoms with Gasteiger partial charge in [-0.2, -0.15) is 5.10 Å². The normalized spacial score (nSPS) is 11.9. The number of hydrogen-bond donors (Lipinski definition) is 3. The topological polar surface area (TPSA) is 99.8 Å². The van der Waals surface area contributed by atoms with E-state index in [2.05, 4.69) is 53.2 Å². The summed E-state index contributed by atoms with van der Waals surface area (Å²) in [5.74, 6) is 0.316. The third-order valence-corrected chi connectivity index (χ3v) is 5.18. The Balaban J connectivity index is 1.86. The van der Waals surface area contributed by atoms with Crippen molar-refractivity contribution in [2.75, 3.05) is 10.6 Å². The van der Waals surface area contributed by atoms with E-state index in [0.29, 0.717) is 28.5 Å². The van der Waals surface area contributed by atoms with Crippen molar-refractivity contribution in [3.63, 3.8) is 0 Å². The Kier molecular flexibility index (Phi) is 8.15. The quantitative estimate of drug-likeness (QED) is 0.281. The molecule has 3 aromatic rings. The van der Waals surface area contributed by atoms with Crippen molar-refractivity contribution in [3.05, 3.63) is 101 Å². The Morgan fingerprint density at radius 3 is 2.63 bits per heavy atom. The number of nitrogens with zero attached hydrogens (tertiary/aromatic N) is 2. The number of carbonyl (C=O) groups excluding carboxylic acids is 1. The van der Waals surface area contributed by atoms with Crippen molar-refractivity contribution in [2.45, 2.75) is 34.1 Å². The highest BCUT2D eigenvalue weighted by Gasteiger charge is 2.14. The second-order valence-corrected chi connectivity index (χ2v) is 9.29. The number of allylic oxidation sites excluding steroid dienone is 3. The molecule has 0 aliphatic rings. The Morgan fingerprint density at radius 2 is 1.94 bits per heavy atom. The number of carbonyl (C=O) groups is 1. The Labute approximate surface area is 205 Å². The van der Waals surface area contributed by atoms with Crippen molar-refractivity contribution in [3.8, 4) is 11.3 Å². The minimum Gasteiger partial charge on any atom is -0.336 e.